The maximum atomic E-state index is 12.2. The lowest BCUT2D eigenvalue weighted by Crippen LogP contribution is -2.35. The zero-order valence-electron chi connectivity index (χ0n) is 17.4. The van der Waals surface area contributed by atoms with E-state index in [4.69, 9.17) is 21.1 Å². The highest BCUT2D eigenvalue weighted by atomic mass is 35.5. The van der Waals surface area contributed by atoms with E-state index in [9.17, 15) is 9.59 Å². The highest BCUT2D eigenvalue weighted by Gasteiger charge is 2.12. The van der Waals surface area contributed by atoms with Crippen LogP contribution in [0.2, 0.25) is 5.02 Å². The van der Waals surface area contributed by atoms with Crippen LogP contribution in [0, 0.1) is 0 Å². The molecule has 0 heterocycles. The molecule has 8 heteroatoms. The van der Waals surface area contributed by atoms with Crippen LogP contribution in [-0.4, -0.2) is 31.7 Å². The highest BCUT2D eigenvalue weighted by molar-refractivity contribution is 6.31. The zero-order valence-corrected chi connectivity index (χ0v) is 18.1. The van der Waals surface area contributed by atoms with Crippen LogP contribution in [0.3, 0.4) is 0 Å². The number of nitrogens with zero attached hydrogens (tertiary/aromatic N) is 1. The molecule has 0 radical (unpaired) electrons. The number of rotatable bonds is 9. The van der Waals surface area contributed by atoms with Crippen molar-refractivity contribution in [2.75, 3.05) is 13.7 Å². The first-order chi connectivity index (χ1) is 15.6. The van der Waals surface area contributed by atoms with E-state index in [0.717, 1.165) is 11.1 Å². The number of methoxy groups -OCH3 is 1. The molecule has 0 unspecified atom stereocenters. The summed E-state index contributed by atoms with van der Waals surface area (Å²) in [7, 11) is 1.48. The summed E-state index contributed by atoms with van der Waals surface area (Å²) in [5.74, 6) is 0.256. The second kappa shape index (κ2) is 11.5. The van der Waals surface area contributed by atoms with Gasteiger partial charge in [0.25, 0.3) is 11.8 Å². The lowest BCUT2D eigenvalue weighted by atomic mass is 10.2. The van der Waals surface area contributed by atoms with Gasteiger partial charge in [0.2, 0.25) is 0 Å². The first-order valence-electron chi connectivity index (χ1n) is 9.76. The van der Waals surface area contributed by atoms with Crippen molar-refractivity contribution in [3.63, 3.8) is 0 Å². The standard InChI is InChI=1S/C24H22ClN3O4/c1-31-22-9-5-3-7-20(22)24(30)26-15-23(29)28-27-14-17-10-12-19(13-11-17)32-16-18-6-2-4-8-21(18)25/h2-14H,15-16H2,1H3,(H,26,30)(H,28,29). The van der Waals surface area contributed by atoms with Crippen molar-refractivity contribution >= 4 is 29.6 Å². The van der Waals surface area contributed by atoms with E-state index in [0.29, 0.717) is 28.7 Å². The van der Waals surface area contributed by atoms with Gasteiger partial charge in [0.05, 0.1) is 25.4 Å². The number of amides is 2. The Hall–Kier alpha value is -3.84. The molecule has 0 spiro atoms. The van der Waals surface area contributed by atoms with Crippen molar-refractivity contribution in [1.82, 2.24) is 10.7 Å². The van der Waals surface area contributed by atoms with Gasteiger partial charge in [-0.25, -0.2) is 5.43 Å². The molecule has 0 fully saturated rings. The van der Waals surface area contributed by atoms with Gasteiger partial charge in [0, 0.05) is 10.6 Å². The molecular weight excluding hydrogens is 430 g/mol. The van der Waals surface area contributed by atoms with Gasteiger partial charge < -0.3 is 14.8 Å². The molecule has 0 atom stereocenters. The van der Waals surface area contributed by atoms with Gasteiger partial charge in [-0.1, -0.05) is 41.9 Å². The molecule has 0 aliphatic carbocycles. The Morgan fingerprint density at radius 3 is 2.47 bits per heavy atom. The van der Waals surface area contributed by atoms with E-state index in [1.54, 1.807) is 48.5 Å². The van der Waals surface area contributed by atoms with Crippen LogP contribution in [0.1, 0.15) is 21.5 Å². The molecule has 0 saturated heterocycles. The summed E-state index contributed by atoms with van der Waals surface area (Å²) in [5, 5.41) is 7.09. The van der Waals surface area contributed by atoms with Gasteiger partial charge in [0.1, 0.15) is 18.1 Å². The third-order valence-electron chi connectivity index (χ3n) is 4.40. The fourth-order valence-corrected chi connectivity index (χ4v) is 2.92. The largest absolute Gasteiger partial charge is 0.496 e. The van der Waals surface area contributed by atoms with Gasteiger partial charge in [0.15, 0.2) is 0 Å². The normalized spacial score (nSPS) is 10.6. The molecule has 3 rings (SSSR count). The Bertz CT molecular complexity index is 1100. The molecule has 3 aromatic carbocycles. The van der Waals surface area contributed by atoms with Crippen LogP contribution in [0.5, 0.6) is 11.5 Å². The second-order valence-electron chi connectivity index (χ2n) is 6.63. The van der Waals surface area contributed by atoms with E-state index in [1.165, 1.54) is 13.3 Å². The predicted molar refractivity (Wildman–Crippen MR) is 123 cm³/mol. The lowest BCUT2D eigenvalue weighted by Gasteiger charge is -2.08. The molecule has 2 amide bonds. The molecule has 32 heavy (non-hydrogen) atoms. The Labute approximate surface area is 191 Å². The molecule has 0 aromatic heterocycles. The predicted octanol–water partition coefficient (Wildman–Crippen LogP) is 3.81. The molecule has 0 bridgehead atoms. The van der Waals surface area contributed by atoms with Crippen LogP contribution in [-0.2, 0) is 11.4 Å². The average molecular weight is 452 g/mol. The van der Waals surface area contributed by atoms with Gasteiger partial charge in [-0.3, -0.25) is 9.59 Å². The number of hydrogen-bond donors (Lipinski definition) is 2. The zero-order chi connectivity index (χ0) is 22.8. The minimum absolute atomic E-state index is 0.219. The third-order valence-corrected chi connectivity index (χ3v) is 4.76. The number of nitrogens with one attached hydrogen (secondary N) is 2. The van der Waals surface area contributed by atoms with Gasteiger partial charge in [-0.15, -0.1) is 0 Å². The Morgan fingerprint density at radius 1 is 1.00 bits per heavy atom. The maximum absolute atomic E-state index is 12.2. The Morgan fingerprint density at radius 2 is 1.72 bits per heavy atom. The van der Waals surface area contributed by atoms with Gasteiger partial charge in [-0.05, 0) is 48.0 Å². The van der Waals surface area contributed by atoms with Crippen molar-refractivity contribution in [3.05, 3.63) is 94.5 Å². The fourth-order valence-electron chi connectivity index (χ4n) is 2.73. The van der Waals surface area contributed by atoms with Crippen molar-refractivity contribution in [3.8, 4) is 11.5 Å². The quantitative estimate of drug-likeness (QED) is 0.382. The summed E-state index contributed by atoms with van der Waals surface area (Å²) in [5.41, 5.74) is 4.40. The van der Waals surface area contributed by atoms with Crippen LogP contribution in [0.25, 0.3) is 0 Å². The smallest absolute Gasteiger partial charge is 0.259 e. The minimum atomic E-state index is -0.454. The second-order valence-corrected chi connectivity index (χ2v) is 7.03. The number of benzene rings is 3. The topological polar surface area (TPSA) is 89.0 Å². The van der Waals surface area contributed by atoms with Crippen LogP contribution in [0.15, 0.2) is 77.9 Å². The monoisotopic (exact) mass is 451 g/mol. The van der Waals surface area contributed by atoms with Crippen molar-refractivity contribution < 1.29 is 19.1 Å². The van der Waals surface area contributed by atoms with Crippen molar-refractivity contribution in [2.45, 2.75) is 6.61 Å². The van der Waals surface area contributed by atoms with Crippen LogP contribution in [0.4, 0.5) is 0 Å². The molecule has 0 aliphatic rings. The number of para-hydroxylation sites is 1. The SMILES string of the molecule is COc1ccccc1C(=O)NCC(=O)NN=Cc1ccc(OCc2ccccc2Cl)cc1. The molecule has 164 valence electrons. The van der Waals surface area contributed by atoms with Crippen molar-refractivity contribution in [2.24, 2.45) is 5.10 Å². The molecule has 3 aromatic rings. The third kappa shape index (κ3) is 6.58. The summed E-state index contributed by atoms with van der Waals surface area (Å²) < 4.78 is 10.9. The Balaban J connectivity index is 1.43. The summed E-state index contributed by atoms with van der Waals surface area (Å²) in [6, 6.07) is 21.5. The Kier molecular flexibility index (Phi) is 8.22. The summed E-state index contributed by atoms with van der Waals surface area (Å²) >= 11 is 6.12. The molecular formula is C24H22ClN3O4. The molecule has 0 saturated carbocycles. The number of carbonyl (C=O) groups excluding carboxylic acids is 2. The summed E-state index contributed by atoms with van der Waals surface area (Å²) in [6.45, 7) is 0.146. The number of carbonyl (C=O) groups is 2. The fraction of sp³-hybridized carbons (Fsp3) is 0.125. The van der Waals surface area contributed by atoms with Crippen molar-refractivity contribution in [1.29, 1.82) is 0 Å². The molecule has 7 nitrogen and oxygen atoms in total. The van der Waals surface area contributed by atoms with Crippen LogP contribution >= 0.6 is 11.6 Å². The van der Waals surface area contributed by atoms with E-state index in [2.05, 4.69) is 15.8 Å². The average Bonchev–Trinajstić information content (AvgIpc) is 2.83. The number of hydrogen-bond acceptors (Lipinski definition) is 5. The first-order valence-corrected chi connectivity index (χ1v) is 10.1. The first kappa shape index (κ1) is 22.8. The number of halogens is 1. The van der Waals surface area contributed by atoms with Crippen LogP contribution < -0.4 is 20.2 Å². The van der Waals surface area contributed by atoms with E-state index in [-0.39, 0.29) is 6.54 Å². The van der Waals surface area contributed by atoms with Gasteiger partial charge >= 0.3 is 0 Å². The maximum Gasteiger partial charge on any atom is 0.259 e. The number of ether oxygens (including phenoxy) is 2. The van der Waals surface area contributed by atoms with E-state index >= 15 is 0 Å². The van der Waals surface area contributed by atoms with E-state index < -0.39 is 11.8 Å². The molecule has 2 N–H and O–H groups in total. The highest BCUT2D eigenvalue weighted by Crippen LogP contribution is 2.19. The summed E-state index contributed by atoms with van der Waals surface area (Å²) in [6.07, 6.45) is 1.50. The minimum Gasteiger partial charge on any atom is -0.496 e. The number of hydrazone groups is 1. The molecule has 0 aliphatic heterocycles. The van der Waals surface area contributed by atoms with E-state index in [1.807, 2.05) is 24.3 Å². The van der Waals surface area contributed by atoms with Gasteiger partial charge in [-0.2, -0.15) is 5.10 Å². The lowest BCUT2D eigenvalue weighted by molar-refractivity contribution is -0.120. The summed E-state index contributed by atoms with van der Waals surface area (Å²) in [4.78, 5) is 24.1.